The fourth-order valence-corrected chi connectivity index (χ4v) is 2.43. The minimum Gasteiger partial charge on any atom is -0.394 e. The third-order valence-electron chi connectivity index (χ3n) is 3.05. The number of anilines is 1. The third kappa shape index (κ3) is 1.78. The Morgan fingerprint density at radius 3 is 3.17 bits per heavy atom. The number of aromatic amines is 1. The van der Waals surface area contributed by atoms with Crippen LogP contribution in [-0.2, 0) is 4.74 Å². The summed E-state index contributed by atoms with van der Waals surface area (Å²) in [7, 11) is 0. The zero-order valence-corrected chi connectivity index (χ0v) is 10.4. The minimum atomic E-state index is -0.171. The number of fused-ring (bicyclic) bond motifs is 1. The number of hydrogen-bond acceptors (Lipinski definition) is 6. The Labute approximate surface area is 108 Å². The molecule has 2 atom stereocenters. The molecule has 1 aliphatic heterocycles. The average Bonchev–Trinajstić information content (AvgIpc) is 2.93. The van der Waals surface area contributed by atoms with Crippen LogP contribution in [-0.4, -0.2) is 37.3 Å². The van der Waals surface area contributed by atoms with E-state index in [9.17, 15) is 0 Å². The van der Waals surface area contributed by atoms with Gasteiger partial charge in [-0.05, 0) is 12.8 Å². The number of hydrogen-bond donors (Lipinski definition) is 3. The van der Waals surface area contributed by atoms with Crippen molar-refractivity contribution in [1.29, 1.82) is 0 Å². The zero-order chi connectivity index (χ0) is 12.7. The summed E-state index contributed by atoms with van der Waals surface area (Å²) in [5, 5.41) is 9.08. The van der Waals surface area contributed by atoms with E-state index in [0.717, 1.165) is 12.8 Å². The number of H-pyrrole nitrogens is 1. The van der Waals surface area contributed by atoms with Crippen LogP contribution in [0.4, 0.5) is 5.95 Å². The summed E-state index contributed by atoms with van der Waals surface area (Å²) >= 11 is 5.14. The maximum absolute atomic E-state index is 9.08. The number of nitrogens with two attached hydrogens (primary N) is 1. The van der Waals surface area contributed by atoms with Crippen molar-refractivity contribution < 1.29 is 9.84 Å². The van der Waals surface area contributed by atoms with E-state index in [4.69, 9.17) is 27.8 Å². The number of nitrogens with one attached hydrogen (secondary N) is 1. The lowest BCUT2D eigenvalue weighted by atomic mass is 10.2. The van der Waals surface area contributed by atoms with Gasteiger partial charge in [0.25, 0.3) is 0 Å². The molecular formula is C10H13N5O2S. The van der Waals surface area contributed by atoms with Crippen molar-refractivity contribution in [3.63, 3.8) is 0 Å². The van der Waals surface area contributed by atoms with Gasteiger partial charge in [0.05, 0.1) is 19.0 Å². The predicted molar refractivity (Wildman–Crippen MR) is 67.4 cm³/mol. The average molecular weight is 267 g/mol. The molecule has 4 N–H and O–H groups in total. The van der Waals surface area contributed by atoms with Crippen molar-refractivity contribution in [2.24, 2.45) is 0 Å². The predicted octanol–water partition coefficient (Wildman–Crippen LogP) is 0.741. The SMILES string of the molecule is Nc1nc2c(ncn2[C@H]2CCC(CO)O2)c(=S)[nH]1. The van der Waals surface area contributed by atoms with Crippen LogP contribution in [0.5, 0.6) is 0 Å². The third-order valence-corrected chi connectivity index (χ3v) is 3.35. The van der Waals surface area contributed by atoms with Gasteiger partial charge in [-0.15, -0.1) is 0 Å². The number of aliphatic hydroxyl groups is 1. The van der Waals surface area contributed by atoms with E-state index < -0.39 is 0 Å². The first kappa shape index (κ1) is 11.6. The maximum Gasteiger partial charge on any atom is 0.200 e. The highest BCUT2D eigenvalue weighted by Gasteiger charge is 2.27. The molecule has 0 amide bonds. The summed E-state index contributed by atoms with van der Waals surface area (Å²) in [5.41, 5.74) is 6.87. The first-order valence-corrected chi connectivity index (χ1v) is 6.08. The highest BCUT2D eigenvalue weighted by molar-refractivity contribution is 7.71. The number of aromatic nitrogens is 4. The second-order valence-electron chi connectivity index (χ2n) is 4.25. The Morgan fingerprint density at radius 2 is 2.44 bits per heavy atom. The first-order valence-electron chi connectivity index (χ1n) is 5.67. The molecule has 2 aromatic heterocycles. The molecule has 0 aliphatic carbocycles. The Morgan fingerprint density at radius 1 is 1.61 bits per heavy atom. The summed E-state index contributed by atoms with van der Waals surface area (Å²) < 4.78 is 7.97. The first-order chi connectivity index (χ1) is 8.69. The van der Waals surface area contributed by atoms with Gasteiger partial charge < -0.3 is 20.6 Å². The van der Waals surface area contributed by atoms with Gasteiger partial charge in [0.15, 0.2) is 5.65 Å². The molecule has 1 unspecified atom stereocenters. The minimum absolute atomic E-state index is 0.0265. The van der Waals surface area contributed by atoms with Crippen molar-refractivity contribution in [2.45, 2.75) is 25.2 Å². The smallest absolute Gasteiger partial charge is 0.200 e. The van der Waals surface area contributed by atoms with E-state index >= 15 is 0 Å². The van der Waals surface area contributed by atoms with E-state index in [0.29, 0.717) is 15.8 Å². The molecule has 18 heavy (non-hydrogen) atoms. The lowest BCUT2D eigenvalue weighted by Crippen LogP contribution is -2.14. The van der Waals surface area contributed by atoms with Crippen LogP contribution in [0.1, 0.15) is 19.1 Å². The van der Waals surface area contributed by atoms with E-state index in [-0.39, 0.29) is 24.9 Å². The topological polar surface area (TPSA) is 102 Å². The van der Waals surface area contributed by atoms with Crippen LogP contribution < -0.4 is 5.73 Å². The molecule has 1 fully saturated rings. The molecule has 7 nitrogen and oxygen atoms in total. The van der Waals surface area contributed by atoms with E-state index in [2.05, 4.69) is 15.0 Å². The standard InChI is InChI=1S/C10H13N5O2S/c11-10-13-8-7(9(18)14-10)12-4-15(8)6-2-1-5(3-16)17-6/h4-6,16H,1-3H2,(H3,11,13,14,18)/t5?,6-/m1/s1. The van der Waals surface area contributed by atoms with Gasteiger partial charge in [0.2, 0.25) is 5.95 Å². The summed E-state index contributed by atoms with van der Waals surface area (Å²) in [4.78, 5) is 11.2. The number of aliphatic hydroxyl groups excluding tert-OH is 1. The molecule has 0 bridgehead atoms. The zero-order valence-electron chi connectivity index (χ0n) is 9.54. The highest BCUT2D eigenvalue weighted by atomic mass is 32.1. The normalized spacial score (nSPS) is 23.8. The number of nitrogen functional groups attached to an aromatic ring is 1. The number of nitrogens with zero attached hydrogens (tertiary/aromatic N) is 3. The summed E-state index contributed by atoms with van der Waals surface area (Å²) in [5.74, 6) is 0.256. The molecule has 0 radical (unpaired) electrons. The van der Waals surface area contributed by atoms with Crippen LogP contribution >= 0.6 is 12.2 Å². The quantitative estimate of drug-likeness (QED) is 0.694. The van der Waals surface area contributed by atoms with Crippen LogP contribution in [0.15, 0.2) is 6.33 Å². The van der Waals surface area contributed by atoms with Crippen molar-refractivity contribution in [3.05, 3.63) is 11.0 Å². The molecule has 1 aliphatic rings. The molecule has 2 aromatic rings. The number of ether oxygens (including phenoxy) is 1. The fourth-order valence-electron chi connectivity index (χ4n) is 2.18. The highest BCUT2D eigenvalue weighted by Crippen LogP contribution is 2.30. The molecular weight excluding hydrogens is 254 g/mol. The number of imidazole rings is 1. The maximum atomic E-state index is 9.08. The summed E-state index contributed by atoms with van der Waals surface area (Å²) in [6.07, 6.45) is 2.98. The van der Waals surface area contributed by atoms with E-state index in [1.54, 1.807) is 6.33 Å². The monoisotopic (exact) mass is 267 g/mol. The van der Waals surface area contributed by atoms with Gasteiger partial charge in [-0.2, -0.15) is 4.98 Å². The molecule has 1 saturated heterocycles. The lowest BCUT2D eigenvalue weighted by molar-refractivity contribution is -0.0207. The van der Waals surface area contributed by atoms with Gasteiger partial charge in [-0.25, -0.2) is 4.98 Å². The van der Waals surface area contributed by atoms with Crippen molar-refractivity contribution in [2.75, 3.05) is 12.3 Å². The summed E-state index contributed by atoms with van der Waals surface area (Å²) in [6.45, 7) is 0.0265. The molecule has 3 rings (SSSR count). The fraction of sp³-hybridized carbons (Fsp3) is 0.500. The Balaban J connectivity index is 2.05. The lowest BCUT2D eigenvalue weighted by Gasteiger charge is -2.13. The van der Waals surface area contributed by atoms with Crippen molar-refractivity contribution in [1.82, 2.24) is 19.5 Å². The molecule has 96 valence electrons. The van der Waals surface area contributed by atoms with Gasteiger partial charge in [0, 0.05) is 0 Å². The van der Waals surface area contributed by atoms with Crippen LogP contribution in [0.25, 0.3) is 11.2 Å². The molecule has 3 heterocycles. The van der Waals surface area contributed by atoms with Crippen LogP contribution in [0, 0.1) is 4.64 Å². The largest absolute Gasteiger partial charge is 0.394 e. The summed E-state index contributed by atoms with van der Waals surface area (Å²) in [6, 6.07) is 0. The molecule has 0 spiro atoms. The molecule has 0 saturated carbocycles. The molecule has 8 heteroatoms. The van der Waals surface area contributed by atoms with Gasteiger partial charge in [0.1, 0.15) is 16.4 Å². The van der Waals surface area contributed by atoms with Gasteiger partial charge in [-0.1, -0.05) is 12.2 Å². The van der Waals surface area contributed by atoms with Crippen molar-refractivity contribution in [3.8, 4) is 0 Å². The second kappa shape index (κ2) is 4.30. The Bertz CT molecular complexity index is 637. The second-order valence-corrected chi connectivity index (χ2v) is 4.66. The Hall–Kier alpha value is -1.51. The van der Waals surface area contributed by atoms with E-state index in [1.165, 1.54) is 0 Å². The Kier molecular flexibility index (Phi) is 2.77. The molecule has 0 aromatic carbocycles. The van der Waals surface area contributed by atoms with Crippen molar-refractivity contribution >= 4 is 29.3 Å². The van der Waals surface area contributed by atoms with Gasteiger partial charge >= 0.3 is 0 Å². The number of rotatable bonds is 2. The van der Waals surface area contributed by atoms with E-state index in [1.807, 2.05) is 4.57 Å². The van der Waals surface area contributed by atoms with Gasteiger partial charge in [-0.3, -0.25) is 4.57 Å². The van der Waals surface area contributed by atoms with Crippen LogP contribution in [0.3, 0.4) is 0 Å². The van der Waals surface area contributed by atoms with Crippen LogP contribution in [0.2, 0.25) is 0 Å².